The van der Waals surface area contributed by atoms with E-state index in [-0.39, 0.29) is 30.0 Å². The lowest BCUT2D eigenvalue weighted by atomic mass is 9.58. The summed E-state index contributed by atoms with van der Waals surface area (Å²) in [5.41, 5.74) is 1.32. The van der Waals surface area contributed by atoms with Gasteiger partial charge >= 0.3 is 17.9 Å². The van der Waals surface area contributed by atoms with Crippen LogP contribution >= 0.6 is 0 Å². The van der Waals surface area contributed by atoms with Gasteiger partial charge in [-0.1, -0.05) is 32.9 Å². The number of ether oxygens (including phenoxy) is 3. The van der Waals surface area contributed by atoms with Gasteiger partial charge in [-0.05, 0) is 54.8 Å². The summed E-state index contributed by atoms with van der Waals surface area (Å²) in [6.45, 7) is 14.4. The van der Waals surface area contributed by atoms with Gasteiger partial charge < -0.3 is 14.2 Å². The molecule has 3 fully saturated rings. The van der Waals surface area contributed by atoms with E-state index in [4.69, 9.17) is 14.2 Å². The maximum atomic E-state index is 12.5. The third-order valence-corrected chi connectivity index (χ3v) is 8.03. The van der Waals surface area contributed by atoms with Crippen LogP contribution < -0.4 is 0 Å². The lowest BCUT2D eigenvalue weighted by molar-refractivity contribution is -0.194. The van der Waals surface area contributed by atoms with Gasteiger partial charge in [-0.25, -0.2) is 4.79 Å². The fraction of sp³-hybridized carbons (Fsp3) is 0.792. The van der Waals surface area contributed by atoms with Gasteiger partial charge in [-0.15, -0.1) is 0 Å². The van der Waals surface area contributed by atoms with Crippen LogP contribution in [0.1, 0.15) is 66.7 Å². The van der Waals surface area contributed by atoms with Crippen LogP contribution in [0.15, 0.2) is 12.2 Å². The van der Waals surface area contributed by atoms with Gasteiger partial charge in [-0.2, -0.15) is 0 Å². The topological polar surface area (TPSA) is 78.9 Å². The molecule has 168 valence electrons. The maximum Gasteiger partial charge on any atom is 0.347 e. The Morgan fingerprint density at radius 3 is 2.47 bits per heavy atom. The van der Waals surface area contributed by atoms with Crippen molar-refractivity contribution in [1.29, 1.82) is 0 Å². The summed E-state index contributed by atoms with van der Waals surface area (Å²) in [7, 11) is 0. The Kier molecular flexibility index (Phi) is 6.35. The van der Waals surface area contributed by atoms with Gasteiger partial charge in [0.25, 0.3) is 0 Å². The van der Waals surface area contributed by atoms with Gasteiger partial charge in [0.05, 0.1) is 13.2 Å². The number of allylic oxidation sites excluding steroid dienone is 1. The first kappa shape index (κ1) is 22.8. The van der Waals surface area contributed by atoms with Crippen molar-refractivity contribution >= 4 is 17.9 Å². The first-order chi connectivity index (χ1) is 14.0. The molecule has 6 heteroatoms. The zero-order chi connectivity index (χ0) is 22.3. The molecule has 0 amide bonds. The molecule has 2 aliphatic carbocycles. The highest BCUT2D eigenvalue weighted by Gasteiger charge is 2.59. The number of carbonyl (C=O) groups is 3. The normalized spacial score (nSPS) is 38.2. The minimum atomic E-state index is -1.05. The van der Waals surface area contributed by atoms with E-state index in [0.717, 1.165) is 25.7 Å². The Hall–Kier alpha value is -1.85. The second-order valence-electron chi connectivity index (χ2n) is 10.4. The molecule has 0 radical (unpaired) electrons. The van der Waals surface area contributed by atoms with Crippen LogP contribution in [-0.4, -0.2) is 37.2 Å². The largest absolute Gasteiger partial charge is 0.465 e. The minimum absolute atomic E-state index is 0.0376. The summed E-state index contributed by atoms with van der Waals surface area (Å²) in [5.74, 6) is -1.21. The number of rotatable bonds is 4. The predicted molar refractivity (Wildman–Crippen MR) is 111 cm³/mol. The van der Waals surface area contributed by atoms with Gasteiger partial charge in [0.1, 0.15) is 0 Å². The molecule has 0 N–H and O–H groups in total. The van der Waals surface area contributed by atoms with E-state index < -0.39 is 29.9 Å². The van der Waals surface area contributed by atoms with Gasteiger partial charge in [-0.3, -0.25) is 9.59 Å². The van der Waals surface area contributed by atoms with Crippen LogP contribution in [-0.2, 0) is 28.6 Å². The SMILES string of the molecule is C=C1CCCC(C)(C)C2CCC(C)(C3COC(=O)C(OC(C)=O)C3COC(C)=O)C12. The Morgan fingerprint density at radius 2 is 1.83 bits per heavy atom. The molecule has 3 aliphatic rings. The van der Waals surface area contributed by atoms with Crippen molar-refractivity contribution in [3.63, 3.8) is 0 Å². The fourth-order valence-electron chi connectivity index (χ4n) is 6.54. The Bertz CT molecular complexity index is 725. The first-order valence-electron chi connectivity index (χ1n) is 11.1. The van der Waals surface area contributed by atoms with Crippen molar-refractivity contribution in [3.05, 3.63) is 12.2 Å². The van der Waals surface area contributed by atoms with Crippen LogP contribution in [0.3, 0.4) is 0 Å². The number of hydrogen-bond acceptors (Lipinski definition) is 6. The van der Waals surface area contributed by atoms with E-state index in [2.05, 4.69) is 27.4 Å². The smallest absolute Gasteiger partial charge is 0.347 e. The van der Waals surface area contributed by atoms with Gasteiger partial charge in [0.2, 0.25) is 6.10 Å². The molecule has 3 rings (SSSR count). The van der Waals surface area contributed by atoms with Crippen LogP contribution in [0.4, 0.5) is 0 Å². The molecule has 1 aliphatic heterocycles. The highest BCUT2D eigenvalue weighted by Crippen LogP contribution is 2.63. The zero-order valence-corrected chi connectivity index (χ0v) is 19.0. The molecule has 6 unspecified atom stereocenters. The predicted octanol–water partition coefficient (Wildman–Crippen LogP) is 4.07. The average Bonchev–Trinajstić information content (AvgIpc) is 2.95. The van der Waals surface area contributed by atoms with Crippen molar-refractivity contribution in [2.75, 3.05) is 13.2 Å². The Balaban J connectivity index is 1.99. The summed E-state index contributed by atoms with van der Waals surface area (Å²) in [5, 5.41) is 0. The van der Waals surface area contributed by atoms with Gasteiger partial charge in [0.15, 0.2) is 0 Å². The molecular weight excluding hydrogens is 384 g/mol. The van der Waals surface area contributed by atoms with E-state index >= 15 is 0 Å². The van der Waals surface area contributed by atoms with E-state index in [1.165, 1.54) is 25.8 Å². The van der Waals surface area contributed by atoms with Crippen molar-refractivity contribution in [3.8, 4) is 0 Å². The minimum Gasteiger partial charge on any atom is -0.465 e. The molecule has 1 heterocycles. The summed E-state index contributed by atoms with van der Waals surface area (Å²) in [6, 6.07) is 0. The van der Waals surface area contributed by atoms with E-state index in [9.17, 15) is 14.4 Å². The molecule has 6 atom stereocenters. The molecular formula is C24H36O6. The molecule has 30 heavy (non-hydrogen) atoms. The Labute approximate surface area is 179 Å². The molecule has 6 nitrogen and oxygen atoms in total. The van der Waals surface area contributed by atoms with Gasteiger partial charge in [0, 0.05) is 25.7 Å². The molecule has 2 saturated carbocycles. The van der Waals surface area contributed by atoms with Crippen molar-refractivity contribution in [2.24, 2.45) is 34.5 Å². The van der Waals surface area contributed by atoms with Crippen LogP contribution in [0.25, 0.3) is 0 Å². The van der Waals surface area contributed by atoms with Crippen LogP contribution in [0, 0.1) is 34.5 Å². The molecule has 0 spiro atoms. The number of esters is 3. The molecule has 0 aromatic carbocycles. The summed E-state index contributed by atoms with van der Waals surface area (Å²) >= 11 is 0. The van der Waals surface area contributed by atoms with Crippen LogP contribution in [0.5, 0.6) is 0 Å². The Morgan fingerprint density at radius 1 is 1.13 bits per heavy atom. The third-order valence-electron chi connectivity index (χ3n) is 8.03. The third kappa shape index (κ3) is 4.15. The number of hydrogen-bond donors (Lipinski definition) is 0. The summed E-state index contributed by atoms with van der Waals surface area (Å²) in [4.78, 5) is 35.8. The molecule has 1 saturated heterocycles. The first-order valence-corrected chi connectivity index (χ1v) is 11.1. The standard InChI is InChI=1S/C24H36O6/c1-14-8-7-10-23(4,5)18-9-11-24(6,20(14)18)19-13-29-22(27)21(30-16(3)26)17(19)12-28-15(2)25/h17-21H,1,7-13H2,2-6H3. The second-order valence-corrected chi connectivity index (χ2v) is 10.4. The van der Waals surface area contributed by atoms with E-state index in [1.54, 1.807) is 0 Å². The molecule has 0 aromatic heterocycles. The summed E-state index contributed by atoms with van der Waals surface area (Å²) < 4.78 is 16.3. The second kappa shape index (κ2) is 8.35. The summed E-state index contributed by atoms with van der Waals surface area (Å²) in [6.07, 6.45) is 4.35. The van der Waals surface area contributed by atoms with Crippen molar-refractivity contribution < 1.29 is 28.6 Å². The fourth-order valence-corrected chi connectivity index (χ4v) is 6.54. The maximum absolute atomic E-state index is 12.5. The monoisotopic (exact) mass is 420 g/mol. The van der Waals surface area contributed by atoms with E-state index in [1.807, 2.05) is 0 Å². The molecule has 0 bridgehead atoms. The number of cyclic esters (lactones) is 1. The lowest BCUT2D eigenvalue weighted by Crippen LogP contribution is -2.54. The highest BCUT2D eigenvalue weighted by atomic mass is 16.6. The quantitative estimate of drug-likeness (QED) is 0.388. The number of carbonyl (C=O) groups excluding carboxylic acids is 3. The molecule has 0 aromatic rings. The lowest BCUT2D eigenvalue weighted by Gasteiger charge is -2.48. The van der Waals surface area contributed by atoms with Crippen LogP contribution in [0.2, 0.25) is 0 Å². The van der Waals surface area contributed by atoms with Crippen molar-refractivity contribution in [2.45, 2.75) is 72.8 Å². The van der Waals surface area contributed by atoms with Crippen molar-refractivity contribution in [1.82, 2.24) is 0 Å². The van der Waals surface area contributed by atoms with E-state index in [0.29, 0.717) is 11.8 Å². The zero-order valence-electron chi connectivity index (χ0n) is 19.0. The average molecular weight is 421 g/mol. The highest BCUT2D eigenvalue weighted by molar-refractivity contribution is 5.79. The number of fused-ring (bicyclic) bond motifs is 1.